The first-order valence-electron chi connectivity index (χ1n) is 5.31. The van der Waals surface area contributed by atoms with Crippen LogP contribution < -0.4 is 0 Å². The van der Waals surface area contributed by atoms with E-state index in [1.807, 2.05) is 6.92 Å². The van der Waals surface area contributed by atoms with Crippen molar-refractivity contribution in [3.63, 3.8) is 0 Å². The number of ether oxygens (including phenoxy) is 1. The highest BCUT2D eigenvalue weighted by molar-refractivity contribution is 4.89. The van der Waals surface area contributed by atoms with Gasteiger partial charge in [-0.25, -0.2) is 0 Å². The summed E-state index contributed by atoms with van der Waals surface area (Å²) in [5.41, 5.74) is 0. The number of aliphatic hydroxyl groups is 1. The zero-order valence-electron chi connectivity index (χ0n) is 8.28. The molecule has 1 saturated carbocycles. The van der Waals surface area contributed by atoms with Gasteiger partial charge in [0.15, 0.2) is 0 Å². The van der Waals surface area contributed by atoms with E-state index in [0.717, 1.165) is 19.7 Å². The number of hydrogen-bond donors (Lipinski definition) is 1. The highest BCUT2D eigenvalue weighted by Gasteiger charge is 2.35. The Balaban J connectivity index is 1.93. The van der Waals surface area contributed by atoms with E-state index in [4.69, 9.17) is 4.74 Å². The summed E-state index contributed by atoms with van der Waals surface area (Å²) in [5.74, 6) is 0. The van der Waals surface area contributed by atoms with Crippen LogP contribution in [0.25, 0.3) is 0 Å². The van der Waals surface area contributed by atoms with Crippen molar-refractivity contribution in [1.29, 1.82) is 0 Å². The molecule has 0 radical (unpaired) electrons. The number of fused-ring (bicyclic) bond motifs is 1. The lowest BCUT2D eigenvalue weighted by Gasteiger charge is -2.38. The highest BCUT2D eigenvalue weighted by Crippen LogP contribution is 2.29. The molecule has 1 aliphatic heterocycles. The second-order valence-corrected chi connectivity index (χ2v) is 4.25. The minimum Gasteiger partial charge on any atom is -0.392 e. The lowest BCUT2D eigenvalue weighted by Crippen LogP contribution is -2.50. The van der Waals surface area contributed by atoms with Crippen LogP contribution in [0, 0.1) is 0 Å². The number of aliphatic hydroxyl groups excluding tert-OH is 1. The minimum absolute atomic E-state index is 0.209. The van der Waals surface area contributed by atoms with Crippen molar-refractivity contribution in [1.82, 2.24) is 4.90 Å². The van der Waals surface area contributed by atoms with Gasteiger partial charge in [0, 0.05) is 19.1 Å². The molecule has 76 valence electrons. The number of β-amino-alcohol motifs (C(OH)–C–C–N with tert-alkyl or cyclic N) is 1. The van der Waals surface area contributed by atoms with Crippen LogP contribution in [0.4, 0.5) is 0 Å². The number of nitrogens with zero attached hydrogens (tertiary/aromatic N) is 1. The average Bonchev–Trinajstić information content (AvgIpc) is 2.51. The van der Waals surface area contributed by atoms with Crippen LogP contribution in [0.15, 0.2) is 0 Å². The van der Waals surface area contributed by atoms with E-state index in [1.54, 1.807) is 0 Å². The average molecular weight is 185 g/mol. The zero-order valence-corrected chi connectivity index (χ0v) is 8.28. The molecular weight excluding hydrogens is 166 g/mol. The van der Waals surface area contributed by atoms with Gasteiger partial charge in [0.05, 0.1) is 18.8 Å². The Labute approximate surface area is 79.7 Å². The Kier molecular flexibility index (Phi) is 2.86. The Hall–Kier alpha value is -0.120. The molecule has 1 unspecified atom stereocenters. The largest absolute Gasteiger partial charge is 0.392 e. The van der Waals surface area contributed by atoms with E-state index in [2.05, 4.69) is 4.90 Å². The van der Waals surface area contributed by atoms with E-state index in [-0.39, 0.29) is 6.10 Å². The molecule has 1 saturated heterocycles. The summed E-state index contributed by atoms with van der Waals surface area (Å²) in [6.07, 6.45) is 3.98. The van der Waals surface area contributed by atoms with Crippen molar-refractivity contribution < 1.29 is 9.84 Å². The van der Waals surface area contributed by atoms with Crippen molar-refractivity contribution in [3.05, 3.63) is 0 Å². The van der Waals surface area contributed by atoms with Crippen molar-refractivity contribution in [2.75, 3.05) is 19.7 Å². The van der Waals surface area contributed by atoms with Crippen molar-refractivity contribution >= 4 is 0 Å². The third-order valence-electron chi connectivity index (χ3n) is 3.10. The summed E-state index contributed by atoms with van der Waals surface area (Å²) in [5, 5.41) is 9.34. The van der Waals surface area contributed by atoms with Gasteiger partial charge in [-0.15, -0.1) is 0 Å². The summed E-state index contributed by atoms with van der Waals surface area (Å²) in [4.78, 5) is 2.39. The van der Waals surface area contributed by atoms with E-state index in [1.165, 1.54) is 19.3 Å². The molecule has 3 atom stereocenters. The molecule has 0 amide bonds. The van der Waals surface area contributed by atoms with Crippen LogP contribution in [0.3, 0.4) is 0 Å². The fourth-order valence-electron chi connectivity index (χ4n) is 2.57. The predicted octanol–water partition coefficient (Wildman–Crippen LogP) is 0.620. The minimum atomic E-state index is -0.209. The van der Waals surface area contributed by atoms with Gasteiger partial charge in [-0.2, -0.15) is 0 Å². The molecule has 1 N–H and O–H groups in total. The lowest BCUT2D eigenvalue weighted by molar-refractivity contribution is -0.0656. The monoisotopic (exact) mass is 185 g/mol. The first kappa shape index (κ1) is 9.44. The smallest absolute Gasteiger partial charge is 0.0730 e. The Morgan fingerprint density at radius 1 is 1.54 bits per heavy atom. The van der Waals surface area contributed by atoms with Crippen molar-refractivity contribution in [2.45, 2.75) is 44.4 Å². The molecule has 2 rings (SSSR count). The number of rotatable bonds is 2. The van der Waals surface area contributed by atoms with Crippen LogP contribution in [0.5, 0.6) is 0 Å². The Morgan fingerprint density at radius 3 is 3.15 bits per heavy atom. The van der Waals surface area contributed by atoms with Crippen LogP contribution in [-0.4, -0.2) is 48.0 Å². The van der Waals surface area contributed by atoms with E-state index in [0.29, 0.717) is 12.1 Å². The fourth-order valence-corrected chi connectivity index (χ4v) is 2.57. The molecular formula is C10H19NO2. The van der Waals surface area contributed by atoms with Gasteiger partial charge < -0.3 is 9.84 Å². The maximum Gasteiger partial charge on any atom is 0.0730 e. The third kappa shape index (κ3) is 2.03. The topological polar surface area (TPSA) is 32.7 Å². The summed E-state index contributed by atoms with van der Waals surface area (Å²) in [6.45, 7) is 4.50. The summed E-state index contributed by atoms with van der Waals surface area (Å²) >= 11 is 0. The summed E-state index contributed by atoms with van der Waals surface area (Å²) in [6, 6.07) is 0.586. The predicted molar refractivity (Wildman–Crippen MR) is 50.6 cm³/mol. The standard InChI is InChI=1S/C10H19NO2/c1-8(12)7-11-5-6-13-10-4-2-3-9(10)11/h8-10,12H,2-7H2,1H3/t8?,9-,10+/m1/s1. The zero-order chi connectivity index (χ0) is 9.26. The molecule has 0 aromatic carbocycles. The van der Waals surface area contributed by atoms with Crippen LogP contribution in [-0.2, 0) is 4.74 Å². The number of morpholine rings is 1. The maximum atomic E-state index is 9.34. The van der Waals surface area contributed by atoms with Gasteiger partial charge in [0.2, 0.25) is 0 Å². The summed E-state index contributed by atoms with van der Waals surface area (Å²) < 4.78 is 5.69. The molecule has 1 aliphatic carbocycles. The molecule has 3 nitrogen and oxygen atoms in total. The lowest BCUT2D eigenvalue weighted by atomic mass is 10.1. The SMILES string of the molecule is CC(O)CN1CCO[C@H]2CCC[C@H]21. The normalized spacial score (nSPS) is 37.4. The second-order valence-electron chi connectivity index (χ2n) is 4.25. The van der Waals surface area contributed by atoms with Gasteiger partial charge in [-0.05, 0) is 26.2 Å². The fraction of sp³-hybridized carbons (Fsp3) is 1.00. The van der Waals surface area contributed by atoms with E-state index >= 15 is 0 Å². The first-order chi connectivity index (χ1) is 6.27. The third-order valence-corrected chi connectivity index (χ3v) is 3.10. The Morgan fingerprint density at radius 2 is 2.38 bits per heavy atom. The molecule has 3 heteroatoms. The van der Waals surface area contributed by atoms with Gasteiger partial charge in [0.1, 0.15) is 0 Å². The highest BCUT2D eigenvalue weighted by atomic mass is 16.5. The second kappa shape index (κ2) is 3.95. The molecule has 0 spiro atoms. The first-order valence-corrected chi connectivity index (χ1v) is 5.31. The van der Waals surface area contributed by atoms with Gasteiger partial charge in [-0.3, -0.25) is 4.90 Å². The van der Waals surface area contributed by atoms with Crippen LogP contribution in [0.2, 0.25) is 0 Å². The molecule has 0 aromatic heterocycles. The maximum absolute atomic E-state index is 9.34. The van der Waals surface area contributed by atoms with Crippen molar-refractivity contribution in [3.8, 4) is 0 Å². The van der Waals surface area contributed by atoms with Gasteiger partial charge in [0.25, 0.3) is 0 Å². The van der Waals surface area contributed by atoms with Crippen LogP contribution >= 0.6 is 0 Å². The molecule has 0 bridgehead atoms. The molecule has 13 heavy (non-hydrogen) atoms. The van der Waals surface area contributed by atoms with E-state index < -0.39 is 0 Å². The molecule has 2 fully saturated rings. The molecule has 2 aliphatic rings. The van der Waals surface area contributed by atoms with Gasteiger partial charge in [-0.1, -0.05) is 0 Å². The van der Waals surface area contributed by atoms with Crippen molar-refractivity contribution in [2.24, 2.45) is 0 Å². The van der Waals surface area contributed by atoms with Crippen LogP contribution in [0.1, 0.15) is 26.2 Å². The Bertz CT molecular complexity index is 172. The molecule has 0 aromatic rings. The van der Waals surface area contributed by atoms with E-state index in [9.17, 15) is 5.11 Å². The quantitative estimate of drug-likeness (QED) is 0.684. The van der Waals surface area contributed by atoms with Gasteiger partial charge >= 0.3 is 0 Å². The summed E-state index contributed by atoms with van der Waals surface area (Å²) in [7, 11) is 0. The number of hydrogen-bond acceptors (Lipinski definition) is 3. The molecule has 1 heterocycles.